The maximum atomic E-state index is 15.2. The summed E-state index contributed by atoms with van der Waals surface area (Å²) in [5, 5.41) is 5.82. The van der Waals surface area contributed by atoms with E-state index in [1.165, 1.54) is 36.4 Å². The second-order valence-electron chi connectivity index (χ2n) is 11.0. The third-order valence-corrected chi connectivity index (χ3v) is 8.63. The van der Waals surface area contributed by atoms with Crippen LogP contribution in [0.5, 0.6) is 17.4 Å². The van der Waals surface area contributed by atoms with E-state index in [2.05, 4.69) is 48.4 Å². The minimum absolute atomic E-state index is 0.0771. The highest BCUT2D eigenvalue weighted by molar-refractivity contribution is 9.10. The van der Waals surface area contributed by atoms with Crippen LogP contribution < -0.4 is 20.1 Å². The van der Waals surface area contributed by atoms with Gasteiger partial charge in [0.1, 0.15) is 28.1 Å². The number of aromatic nitrogens is 2. The Morgan fingerprint density at radius 2 is 1.78 bits per heavy atom. The Labute approximate surface area is 266 Å². The largest absolute Gasteiger partial charge is 0.475 e. The van der Waals surface area contributed by atoms with Crippen molar-refractivity contribution in [3.05, 3.63) is 77.0 Å². The number of nitrogens with one attached hydrogen (secondary N) is 2. The standard InChI is InChI=1S/C32H30BrF2N5O5/c1-19-18-43-14-12-40(19)13-15-44-29-27(33)28-23(17-37-29)25(8-11-36-28)45-26-7-6-22(16-24(26)35)39-31(42)32(9-10-32)30(41)38-21-4-2-20(34)3-5-21/h2-8,11,16-17,19H,9-10,12-15,18H2,1H3,(H,38,41)(H,39,42)/t19-/m0/s1. The van der Waals surface area contributed by atoms with E-state index in [1.54, 1.807) is 18.5 Å². The van der Waals surface area contributed by atoms with Gasteiger partial charge in [-0.3, -0.25) is 19.5 Å². The molecule has 1 aliphatic heterocycles. The molecule has 2 fully saturated rings. The number of halogens is 3. The first kappa shape index (κ1) is 30.8. The van der Waals surface area contributed by atoms with E-state index in [1.807, 2.05) is 0 Å². The van der Waals surface area contributed by atoms with Crippen LogP contribution in [0, 0.1) is 17.0 Å². The number of carbonyl (C=O) groups is 2. The Balaban J connectivity index is 1.10. The van der Waals surface area contributed by atoms with Crippen molar-refractivity contribution in [2.75, 3.05) is 43.5 Å². The number of fused-ring (bicyclic) bond motifs is 1. The molecule has 0 bridgehead atoms. The number of amides is 2. The van der Waals surface area contributed by atoms with Crippen LogP contribution in [0.4, 0.5) is 20.2 Å². The lowest BCUT2D eigenvalue weighted by atomic mass is 10.0. The van der Waals surface area contributed by atoms with Crippen LogP contribution in [-0.4, -0.2) is 65.6 Å². The van der Waals surface area contributed by atoms with E-state index < -0.39 is 28.9 Å². The van der Waals surface area contributed by atoms with Gasteiger partial charge in [-0.2, -0.15) is 0 Å². The van der Waals surface area contributed by atoms with Gasteiger partial charge < -0.3 is 24.8 Å². The number of hydrogen-bond donors (Lipinski definition) is 2. The molecule has 13 heteroatoms. The molecule has 2 aromatic heterocycles. The first-order valence-electron chi connectivity index (χ1n) is 14.5. The Morgan fingerprint density at radius 3 is 2.49 bits per heavy atom. The summed E-state index contributed by atoms with van der Waals surface area (Å²) in [6.45, 7) is 5.53. The zero-order valence-corrected chi connectivity index (χ0v) is 25.9. The smallest absolute Gasteiger partial charge is 0.240 e. The summed E-state index contributed by atoms with van der Waals surface area (Å²) >= 11 is 3.54. The van der Waals surface area contributed by atoms with E-state index in [4.69, 9.17) is 14.2 Å². The van der Waals surface area contributed by atoms with E-state index in [0.717, 1.165) is 19.2 Å². The molecule has 0 radical (unpaired) electrons. The third-order valence-electron chi connectivity index (χ3n) is 7.91. The fourth-order valence-electron chi connectivity index (χ4n) is 5.08. The fraction of sp³-hybridized carbons (Fsp3) is 0.312. The molecule has 4 aromatic rings. The van der Waals surface area contributed by atoms with E-state index >= 15 is 4.39 Å². The number of benzene rings is 2. The Hall–Kier alpha value is -4.20. The van der Waals surface area contributed by atoms with Crippen molar-refractivity contribution in [2.24, 2.45) is 5.41 Å². The molecular weight excluding hydrogens is 652 g/mol. The molecule has 10 nitrogen and oxygen atoms in total. The quantitative estimate of drug-likeness (QED) is 0.198. The van der Waals surface area contributed by atoms with Gasteiger partial charge in [0.2, 0.25) is 17.7 Å². The third kappa shape index (κ3) is 6.75. The van der Waals surface area contributed by atoms with Gasteiger partial charge in [-0.25, -0.2) is 13.8 Å². The molecule has 6 rings (SSSR count). The minimum atomic E-state index is -1.28. The van der Waals surface area contributed by atoms with E-state index in [0.29, 0.717) is 71.4 Å². The zero-order chi connectivity index (χ0) is 31.6. The lowest BCUT2D eigenvalue weighted by Gasteiger charge is -2.32. The number of anilines is 2. The summed E-state index contributed by atoms with van der Waals surface area (Å²) in [5.74, 6) is -1.58. The van der Waals surface area contributed by atoms with Gasteiger partial charge in [0, 0.05) is 49.0 Å². The topological polar surface area (TPSA) is 115 Å². The predicted molar refractivity (Wildman–Crippen MR) is 166 cm³/mol. The minimum Gasteiger partial charge on any atom is -0.475 e. The summed E-state index contributed by atoms with van der Waals surface area (Å²) in [6, 6.07) is 11.2. The SMILES string of the molecule is C[C@H]1COCCN1CCOc1ncc2c(Oc3ccc(NC(=O)C4(C(=O)Nc5ccc(F)cc5)CC4)cc3F)ccnc2c1Br. The van der Waals surface area contributed by atoms with Crippen molar-refractivity contribution < 1.29 is 32.6 Å². The summed E-state index contributed by atoms with van der Waals surface area (Å²) < 4.78 is 46.2. The molecular formula is C32H30BrF2N5O5. The van der Waals surface area contributed by atoms with Crippen LogP contribution in [0.2, 0.25) is 0 Å². The molecule has 2 aliphatic rings. The Kier molecular flexibility index (Phi) is 8.92. The first-order valence-corrected chi connectivity index (χ1v) is 15.3. The molecule has 1 atom stereocenters. The molecule has 2 N–H and O–H groups in total. The molecule has 1 saturated heterocycles. The normalized spacial score (nSPS) is 17.5. The monoisotopic (exact) mass is 681 g/mol. The van der Waals surface area contributed by atoms with E-state index in [-0.39, 0.29) is 11.4 Å². The number of rotatable bonds is 10. The van der Waals surface area contributed by atoms with Gasteiger partial charge in [0.25, 0.3) is 0 Å². The fourth-order valence-corrected chi connectivity index (χ4v) is 5.61. The number of morpholine rings is 1. The number of carbonyl (C=O) groups excluding carboxylic acids is 2. The van der Waals surface area contributed by atoms with E-state index in [9.17, 15) is 14.0 Å². The lowest BCUT2D eigenvalue weighted by molar-refractivity contribution is -0.131. The molecule has 1 saturated carbocycles. The van der Waals surface area contributed by atoms with Crippen molar-refractivity contribution in [1.82, 2.24) is 14.9 Å². The summed E-state index contributed by atoms with van der Waals surface area (Å²) in [7, 11) is 0. The average Bonchev–Trinajstić information content (AvgIpc) is 3.85. The average molecular weight is 683 g/mol. The zero-order valence-electron chi connectivity index (χ0n) is 24.3. The predicted octanol–water partition coefficient (Wildman–Crippen LogP) is 5.92. The number of pyridine rings is 2. The molecule has 0 unspecified atom stereocenters. The van der Waals surface area contributed by atoms with Gasteiger partial charge in [-0.1, -0.05) is 0 Å². The van der Waals surface area contributed by atoms with Crippen molar-refractivity contribution >= 4 is 50.0 Å². The molecule has 45 heavy (non-hydrogen) atoms. The van der Waals surface area contributed by atoms with Gasteiger partial charge in [-0.15, -0.1) is 0 Å². The lowest BCUT2D eigenvalue weighted by Crippen LogP contribution is -2.45. The van der Waals surface area contributed by atoms with Crippen molar-refractivity contribution in [3.63, 3.8) is 0 Å². The van der Waals surface area contributed by atoms with Gasteiger partial charge >= 0.3 is 0 Å². The Bertz CT molecular complexity index is 1740. The van der Waals surface area contributed by atoms with Crippen LogP contribution >= 0.6 is 15.9 Å². The highest BCUT2D eigenvalue weighted by Gasteiger charge is 2.56. The van der Waals surface area contributed by atoms with Crippen LogP contribution in [0.15, 0.2) is 65.4 Å². The van der Waals surface area contributed by atoms with Gasteiger partial charge in [-0.05, 0) is 78.2 Å². The first-order chi connectivity index (χ1) is 21.7. The van der Waals surface area contributed by atoms with Crippen LogP contribution in [0.25, 0.3) is 10.9 Å². The highest BCUT2D eigenvalue weighted by Crippen LogP contribution is 2.47. The molecule has 0 spiro atoms. The Morgan fingerprint density at radius 1 is 1.04 bits per heavy atom. The van der Waals surface area contributed by atoms with Crippen molar-refractivity contribution in [1.29, 1.82) is 0 Å². The van der Waals surface area contributed by atoms with Crippen LogP contribution in [0.1, 0.15) is 19.8 Å². The van der Waals surface area contributed by atoms with Crippen LogP contribution in [0.3, 0.4) is 0 Å². The van der Waals surface area contributed by atoms with Crippen LogP contribution in [-0.2, 0) is 14.3 Å². The summed E-state index contributed by atoms with van der Waals surface area (Å²) in [5.41, 5.74) is -0.195. The maximum absolute atomic E-state index is 15.2. The number of nitrogens with zero attached hydrogens (tertiary/aromatic N) is 3. The summed E-state index contributed by atoms with van der Waals surface area (Å²) in [6.07, 6.45) is 3.79. The molecule has 1 aliphatic carbocycles. The molecule has 3 heterocycles. The highest BCUT2D eigenvalue weighted by atomic mass is 79.9. The second-order valence-corrected chi connectivity index (χ2v) is 11.8. The van der Waals surface area contributed by atoms with Gasteiger partial charge in [0.15, 0.2) is 11.6 Å². The number of hydrogen-bond acceptors (Lipinski definition) is 8. The second kappa shape index (κ2) is 13.0. The maximum Gasteiger partial charge on any atom is 0.240 e. The molecule has 2 amide bonds. The van der Waals surface area contributed by atoms with Crippen molar-refractivity contribution in [2.45, 2.75) is 25.8 Å². The molecule has 234 valence electrons. The molecule has 2 aromatic carbocycles. The van der Waals surface area contributed by atoms with Crippen molar-refractivity contribution in [3.8, 4) is 17.4 Å². The van der Waals surface area contributed by atoms with Gasteiger partial charge in [0.05, 0.1) is 24.1 Å². The summed E-state index contributed by atoms with van der Waals surface area (Å²) in [4.78, 5) is 37.0. The number of ether oxygens (including phenoxy) is 3.